The van der Waals surface area contributed by atoms with Crippen LogP contribution in [0.5, 0.6) is 0 Å². The van der Waals surface area contributed by atoms with Crippen molar-refractivity contribution < 1.29 is 14.3 Å². The summed E-state index contributed by atoms with van der Waals surface area (Å²) in [5.74, 6) is 0.182. The number of urea groups is 1. The van der Waals surface area contributed by atoms with E-state index in [-0.39, 0.29) is 12.5 Å². The van der Waals surface area contributed by atoms with E-state index in [9.17, 15) is 9.59 Å². The molecule has 34 heavy (non-hydrogen) atoms. The third-order valence-corrected chi connectivity index (χ3v) is 5.74. The number of anilines is 3. The van der Waals surface area contributed by atoms with E-state index in [4.69, 9.17) is 16.3 Å². The lowest BCUT2D eigenvalue weighted by Gasteiger charge is -2.08. The number of nitrogens with one attached hydrogen (secondary N) is 3. The van der Waals surface area contributed by atoms with Gasteiger partial charge >= 0.3 is 12.0 Å². The summed E-state index contributed by atoms with van der Waals surface area (Å²) in [6.45, 7) is 2.57. The fraction of sp³-hybridized carbons (Fsp3) is 0.238. The molecular formula is C21H21ClN8O3S. The third kappa shape index (κ3) is 5.97. The van der Waals surface area contributed by atoms with E-state index in [0.717, 1.165) is 4.88 Å². The number of thiazole rings is 1. The fourth-order valence-electron chi connectivity index (χ4n) is 3.11. The van der Waals surface area contributed by atoms with E-state index in [2.05, 4.69) is 36.0 Å². The molecule has 2 amide bonds. The van der Waals surface area contributed by atoms with Crippen molar-refractivity contribution in [3.05, 3.63) is 52.9 Å². The van der Waals surface area contributed by atoms with Crippen LogP contribution in [0.3, 0.4) is 0 Å². The van der Waals surface area contributed by atoms with Gasteiger partial charge in [-0.2, -0.15) is 5.10 Å². The van der Waals surface area contributed by atoms with Gasteiger partial charge in [0.25, 0.3) is 0 Å². The van der Waals surface area contributed by atoms with Crippen LogP contribution in [0, 0.1) is 0 Å². The minimum absolute atomic E-state index is 0.0273. The molecule has 0 bridgehead atoms. The van der Waals surface area contributed by atoms with Crippen LogP contribution in [0.15, 0.2) is 43.0 Å². The standard InChI is InChI=1S/C21H21ClN8O3S/c1-2-33-17(31)11-30-18-16(10-27-30)25-12-26-19(18)23-7-6-15-9-24-21(34-15)29-20(32)28-14-5-3-4-13(22)8-14/h3-5,8-10,12H,2,6-7,11H2,1H3,(H,23,25,26)(H2,24,28,29,32). The average Bonchev–Trinajstić information content (AvgIpc) is 3.41. The molecule has 3 heterocycles. The quantitative estimate of drug-likeness (QED) is 0.295. The molecule has 0 spiro atoms. The predicted octanol–water partition coefficient (Wildman–Crippen LogP) is 3.80. The number of ether oxygens (including phenoxy) is 1. The van der Waals surface area contributed by atoms with Gasteiger partial charge in [-0.05, 0) is 25.1 Å². The zero-order chi connectivity index (χ0) is 23.9. The van der Waals surface area contributed by atoms with Crippen LogP contribution < -0.4 is 16.0 Å². The van der Waals surface area contributed by atoms with Gasteiger partial charge in [0.1, 0.15) is 23.9 Å². The Bertz CT molecular complexity index is 1310. The average molecular weight is 501 g/mol. The maximum Gasteiger partial charge on any atom is 0.327 e. The van der Waals surface area contributed by atoms with Crippen molar-refractivity contribution in [2.75, 3.05) is 29.1 Å². The molecule has 0 aliphatic heterocycles. The largest absolute Gasteiger partial charge is 0.465 e. The van der Waals surface area contributed by atoms with Gasteiger partial charge < -0.3 is 15.4 Å². The van der Waals surface area contributed by atoms with Gasteiger partial charge in [-0.25, -0.2) is 24.4 Å². The first-order valence-electron chi connectivity index (χ1n) is 10.4. The summed E-state index contributed by atoms with van der Waals surface area (Å²) in [6, 6.07) is 6.48. The van der Waals surface area contributed by atoms with Gasteiger partial charge in [-0.15, -0.1) is 11.3 Å². The maximum atomic E-state index is 12.2. The summed E-state index contributed by atoms with van der Waals surface area (Å²) in [6.07, 6.45) is 5.37. The number of carbonyl (C=O) groups excluding carboxylic acids is 2. The predicted molar refractivity (Wildman–Crippen MR) is 130 cm³/mol. The molecule has 3 aromatic heterocycles. The van der Waals surface area contributed by atoms with E-state index in [1.165, 1.54) is 22.3 Å². The molecule has 0 saturated carbocycles. The number of amides is 2. The second-order valence-electron chi connectivity index (χ2n) is 6.96. The SMILES string of the molecule is CCOC(=O)Cn1ncc2ncnc(NCCc3cnc(NC(=O)Nc4cccc(Cl)c4)s3)c21. The first kappa shape index (κ1) is 23.4. The lowest BCUT2D eigenvalue weighted by Crippen LogP contribution is -2.19. The topological polar surface area (TPSA) is 136 Å². The fourth-order valence-corrected chi connectivity index (χ4v) is 4.11. The van der Waals surface area contributed by atoms with Crippen molar-refractivity contribution in [3.8, 4) is 0 Å². The first-order chi connectivity index (χ1) is 16.5. The molecule has 1 aromatic carbocycles. The monoisotopic (exact) mass is 500 g/mol. The van der Waals surface area contributed by atoms with Crippen LogP contribution in [-0.4, -0.2) is 49.9 Å². The molecule has 0 aliphatic carbocycles. The highest BCUT2D eigenvalue weighted by atomic mass is 35.5. The van der Waals surface area contributed by atoms with Gasteiger partial charge in [0.05, 0.1) is 12.8 Å². The van der Waals surface area contributed by atoms with Crippen LogP contribution in [-0.2, 0) is 22.5 Å². The Balaban J connectivity index is 1.33. The minimum atomic E-state index is -0.403. The molecule has 0 fully saturated rings. The Kier molecular flexibility index (Phi) is 7.50. The lowest BCUT2D eigenvalue weighted by molar-refractivity contribution is -0.143. The van der Waals surface area contributed by atoms with E-state index in [1.54, 1.807) is 43.6 Å². The summed E-state index contributed by atoms with van der Waals surface area (Å²) in [5.41, 5.74) is 1.83. The van der Waals surface area contributed by atoms with Crippen LogP contribution in [0.4, 0.5) is 21.4 Å². The number of aromatic nitrogens is 5. The zero-order valence-corrected chi connectivity index (χ0v) is 19.7. The molecule has 3 N–H and O–H groups in total. The number of carbonyl (C=O) groups is 2. The summed E-state index contributed by atoms with van der Waals surface area (Å²) >= 11 is 7.30. The minimum Gasteiger partial charge on any atom is -0.465 e. The van der Waals surface area contributed by atoms with E-state index >= 15 is 0 Å². The van der Waals surface area contributed by atoms with Crippen molar-refractivity contribution in [2.24, 2.45) is 0 Å². The number of rotatable bonds is 9. The van der Waals surface area contributed by atoms with Crippen molar-refractivity contribution >= 4 is 62.6 Å². The molecule has 0 unspecified atom stereocenters. The first-order valence-corrected chi connectivity index (χ1v) is 11.6. The Morgan fingerprint density at radius 1 is 1.18 bits per heavy atom. The highest BCUT2D eigenvalue weighted by Gasteiger charge is 2.14. The molecule has 0 radical (unpaired) electrons. The Labute approximate surface area is 203 Å². The molecule has 0 saturated heterocycles. The van der Waals surface area contributed by atoms with Crippen LogP contribution in [0.2, 0.25) is 5.02 Å². The molecule has 0 atom stereocenters. The second-order valence-corrected chi connectivity index (χ2v) is 8.51. The van der Waals surface area contributed by atoms with Crippen molar-refractivity contribution in [1.82, 2.24) is 24.7 Å². The molecule has 0 aliphatic rings. The van der Waals surface area contributed by atoms with Crippen LogP contribution in [0.25, 0.3) is 11.0 Å². The van der Waals surface area contributed by atoms with Crippen molar-refractivity contribution in [1.29, 1.82) is 0 Å². The normalized spacial score (nSPS) is 10.8. The summed E-state index contributed by atoms with van der Waals surface area (Å²) in [5, 5.41) is 13.9. The van der Waals surface area contributed by atoms with E-state index < -0.39 is 6.03 Å². The molecular weight excluding hydrogens is 480 g/mol. The molecule has 4 aromatic rings. The van der Waals surface area contributed by atoms with Crippen molar-refractivity contribution in [3.63, 3.8) is 0 Å². The number of hydrogen-bond donors (Lipinski definition) is 3. The third-order valence-electron chi connectivity index (χ3n) is 4.53. The molecule has 11 nitrogen and oxygen atoms in total. The van der Waals surface area contributed by atoms with Gasteiger partial charge in [0, 0.05) is 34.7 Å². The highest BCUT2D eigenvalue weighted by molar-refractivity contribution is 7.15. The number of nitrogens with zero attached hydrogens (tertiary/aromatic N) is 5. The zero-order valence-electron chi connectivity index (χ0n) is 18.1. The number of benzene rings is 1. The second kappa shape index (κ2) is 10.9. The summed E-state index contributed by atoms with van der Waals surface area (Å²) < 4.78 is 6.52. The number of esters is 1. The van der Waals surface area contributed by atoms with E-state index in [0.29, 0.717) is 52.3 Å². The molecule has 4 rings (SSSR count). The van der Waals surface area contributed by atoms with Crippen LogP contribution >= 0.6 is 22.9 Å². The van der Waals surface area contributed by atoms with Gasteiger partial charge in [0.2, 0.25) is 0 Å². The number of halogens is 1. The van der Waals surface area contributed by atoms with E-state index in [1.807, 2.05) is 0 Å². The lowest BCUT2D eigenvalue weighted by atomic mass is 10.3. The number of hydrogen-bond acceptors (Lipinski definition) is 9. The van der Waals surface area contributed by atoms with Crippen molar-refractivity contribution in [2.45, 2.75) is 19.9 Å². The number of fused-ring (bicyclic) bond motifs is 1. The molecule has 13 heteroatoms. The highest BCUT2D eigenvalue weighted by Crippen LogP contribution is 2.22. The Morgan fingerprint density at radius 3 is 2.88 bits per heavy atom. The summed E-state index contributed by atoms with van der Waals surface area (Å²) in [4.78, 5) is 37.8. The molecule has 176 valence electrons. The maximum absolute atomic E-state index is 12.2. The van der Waals surface area contributed by atoms with Gasteiger partial charge in [0.15, 0.2) is 10.9 Å². The van der Waals surface area contributed by atoms with Crippen LogP contribution in [0.1, 0.15) is 11.8 Å². The van der Waals surface area contributed by atoms with Gasteiger partial charge in [-0.1, -0.05) is 17.7 Å². The Morgan fingerprint density at radius 2 is 2.06 bits per heavy atom. The summed E-state index contributed by atoms with van der Waals surface area (Å²) in [7, 11) is 0. The Hall–Kier alpha value is -3.77. The smallest absolute Gasteiger partial charge is 0.327 e. The van der Waals surface area contributed by atoms with Gasteiger partial charge in [-0.3, -0.25) is 10.1 Å².